The van der Waals surface area contributed by atoms with E-state index in [0.29, 0.717) is 43.3 Å². The molecule has 1 aliphatic heterocycles. The number of carbonyl (C=O) groups is 4. The van der Waals surface area contributed by atoms with Gasteiger partial charge < -0.3 is 20.5 Å². The molecule has 0 spiro atoms. The fourth-order valence-electron chi connectivity index (χ4n) is 4.13. The summed E-state index contributed by atoms with van der Waals surface area (Å²) in [5, 5.41) is 5.97. The number of halogens is 4. The number of alkyl halides is 3. The van der Waals surface area contributed by atoms with E-state index in [1.54, 1.807) is 4.57 Å². The monoisotopic (exact) mass is 496 g/mol. The quantitative estimate of drug-likeness (QED) is 0.325. The number of anilines is 1. The highest BCUT2D eigenvalue weighted by atomic mass is 19.4. The van der Waals surface area contributed by atoms with Crippen molar-refractivity contribution in [2.24, 2.45) is 0 Å². The number of rotatable bonds is 6. The van der Waals surface area contributed by atoms with Crippen LogP contribution in [0.3, 0.4) is 0 Å². The fraction of sp³-hybridized carbons (Fsp3) is 0.391. The predicted octanol–water partition coefficient (Wildman–Crippen LogP) is 2.81. The molecule has 0 bridgehead atoms. The average Bonchev–Trinajstić information content (AvgIpc) is 3.33. The van der Waals surface area contributed by atoms with Crippen LogP contribution in [-0.2, 0) is 22.6 Å². The molecule has 2 aromatic rings. The first kappa shape index (κ1) is 25.9. The van der Waals surface area contributed by atoms with E-state index in [-0.39, 0.29) is 16.8 Å². The summed E-state index contributed by atoms with van der Waals surface area (Å²) < 4.78 is 55.8. The minimum Gasteiger partial charge on any atom is -0.357 e. The largest absolute Gasteiger partial charge is 0.420 e. The minimum atomic E-state index is -5.18. The Hall–Kier alpha value is -3.70. The molecule has 0 saturated heterocycles. The number of aromatic nitrogens is 1. The van der Waals surface area contributed by atoms with Gasteiger partial charge in [-0.3, -0.25) is 19.2 Å². The second kappa shape index (κ2) is 9.16. The Bertz CT molecular complexity index is 1240. The standard InChI is InChI=1S/C23H24F4N4O4/c1-11-10-13(7-8-14(11)24)29-19(33)17-12(2)16(15-6-5-9-31(15)17)18(32)20(34)30-22(3,21(35)28-4)23(25,26)27/h7-8,10H,5-6,9H2,1-4H3,(H,28,35)(H,29,33)(H,30,34)/t22-/m1/s1. The molecule has 2 heterocycles. The van der Waals surface area contributed by atoms with Crippen molar-refractivity contribution >= 4 is 29.2 Å². The second-order valence-corrected chi connectivity index (χ2v) is 8.45. The van der Waals surface area contributed by atoms with E-state index in [9.17, 15) is 36.7 Å². The molecule has 3 N–H and O–H groups in total. The van der Waals surface area contributed by atoms with Gasteiger partial charge in [0, 0.05) is 25.0 Å². The molecule has 0 saturated carbocycles. The van der Waals surface area contributed by atoms with E-state index in [4.69, 9.17) is 0 Å². The SMILES string of the molecule is CNC(=O)[C@@](C)(NC(=O)C(=O)c1c(C)c(C(=O)Nc2ccc(F)c(C)c2)n2c1CCC2)C(F)(F)F. The zero-order valence-electron chi connectivity index (χ0n) is 19.4. The Labute approximate surface area is 198 Å². The third-order valence-electron chi connectivity index (χ3n) is 6.09. The van der Waals surface area contributed by atoms with Gasteiger partial charge >= 0.3 is 6.18 Å². The molecule has 0 radical (unpaired) electrons. The number of amides is 3. The van der Waals surface area contributed by atoms with Gasteiger partial charge in [0.1, 0.15) is 11.5 Å². The average molecular weight is 496 g/mol. The number of benzene rings is 1. The number of carbonyl (C=O) groups excluding carboxylic acids is 4. The molecule has 3 rings (SSSR count). The Morgan fingerprint density at radius 3 is 2.31 bits per heavy atom. The molecular formula is C23H24F4N4O4. The van der Waals surface area contributed by atoms with Crippen molar-refractivity contribution in [2.75, 3.05) is 12.4 Å². The lowest BCUT2D eigenvalue weighted by molar-refractivity contribution is -0.196. The van der Waals surface area contributed by atoms with E-state index in [1.165, 1.54) is 37.4 Å². The van der Waals surface area contributed by atoms with Crippen molar-refractivity contribution in [1.82, 2.24) is 15.2 Å². The smallest absolute Gasteiger partial charge is 0.357 e. The topological polar surface area (TPSA) is 109 Å². The number of ketones is 1. The van der Waals surface area contributed by atoms with Crippen molar-refractivity contribution in [3.8, 4) is 0 Å². The lowest BCUT2D eigenvalue weighted by Gasteiger charge is -2.30. The van der Waals surface area contributed by atoms with E-state index >= 15 is 0 Å². The summed E-state index contributed by atoms with van der Waals surface area (Å²) in [6.07, 6.45) is -4.31. The van der Waals surface area contributed by atoms with Crippen LogP contribution in [0.1, 0.15) is 51.0 Å². The van der Waals surface area contributed by atoms with Gasteiger partial charge in [0.15, 0.2) is 0 Å². The number of Topliss-reactive ketones (excluding diaryl/α,β-unsaturated/α-hetero) is 1. The van der Waals surface area contributed by atoms with Gasteiger partial charge in [-0.05, 0) is 62.9 Å². The highest BCUT2D eigenvalue weighted by Crippen LogP contribution is 2.32. The molecule has 0 fully saturated rings. The highest BCUT2D eigenvalue weighted by molar-refractivity contribution is 6.44. The number of nitrogens with zero attached hydrogens (tertiary/aromatic N) is 1. The maximum Gasteiger partial charge on any atom is 0.420 e. The first-order chi connectivity index (χ1) is 16.2. The predicted molar refractivity (Wildman–Crippen MR) is 118 cm³/mol. The second-order valence-electron chi connectivity index (χ2n) is 8.45. The molecule has 0 unspecified atom stereocenters. The first-order valence-electron chi connectivity index (χ1n) is 10.7. The number of likely N-dealkylation sites (N-methyl/N-ethyl adjacent to an activating group) is 1. The zero-order chi connectivity index (χ0) is 26.3. The van der Waals surface area contributed by atoms with Gasteiger partial charge in [-0.15, -0.1) is 0 Å². The van der Waals surface area contributed by atoms with Crippen molar-refractivity contribution < 1.29 is 36.7 Å². The van der Waals surface area contributed by atoms with Crippen molar-refractivity contribution in [3.05, 3.63) is 52.1 Å². The van der Waals surface area contributed by atoms with Crippen molar-refractivity contribution in [3.63, 3.8) is 0 Å². The lowest BCUT2D eigenvalue weighted by Crippen LogP contribution is -2.65. The number of hydrogen-bond acceptors (Lipinski definition) is 4. The molecule has 1 aliphatic rings. The summed E-state index contributed by atoms with van der Waals surface area (Å²) in [5.41, 5.74) is -2.38. The van der Waals surface area contributed by atoms with Gasteiger partial charge in [-0.1, -0.05) is 0 Å². The van der Waals surface area contributed by atoms with E-state index < -0.39 is 41.0 Å². The van der Waals surface area contributed by atoms with Crippen LogP contribution in [-0.4, -0.2) is 46.8 Å². The Kier molecular flexibility index (Phi) is 6.78. The molecule has 1 aromatic carbocycles. The van der Waals surface area contributed by atoms with Gasteiger partial charge in [0.2, 0.25) is 5.54 Å². The van der Waals surface area contributed by atoms with Crippen molar-refractivity contribution in [2.45, 2.75) is 51.9 Å². The van der Waals surface area contributed by atoms with Crippen LogP contribution in [0.5, 0.6) is 0 Å². The molecule has 12 heteroatoms. The third-order valence-corrected chi connectivity index (χ3v) is 6.09. The third kappa shape index (κ3) is 4.52. The summed E-state index contributed by atoms with van der Waals surface area (Å²) in [4.78, 5) is 50.6. The summed E-state index contributed by atoms with van der Waals surface area (Å²) in [7, 11) is 0.971. The summed E-state index contributed by atoms with van der Waals surface area (Å²) in [6, 6.07) is 3.97. The highest BCUT2D eigenvalue weighted by Gasteiger charge is 2.58. The van der Waals surface area contributed by atoms with Crippen LogP contribution in [0.15, 0.2) is 18.2 Å². The Balaban J connectivity index is 1.96. The summed E-state index contributed by atoms with van der Waals surface area (Å²) in [5.74, 6) is -5.53. The molecule has 35 heavy (non-hydrogen) atoms. The van der Waals surface area contributed by atoms with Gasteiger partial charge in [0.05, 0.1) is 5.56 Å². The minimum absolute atomic E-state index is 0.0699. The normalized spacial score (nSPS) is 14.6. The molecule has 0 aliphatic carbocycles. The summed E-state index contributed by atoms with van der Waals surface area (Å²) >= 11 is 0. The van der Waals surface area contributed by atoms with E-state index in [0.717, 1.165) is 7.05 Å². The molecule has 8 nitrogen and oxygen atoms in total. The fourth-order valence-corrected chi connectivity index (χ4v) is 4.13. The van der Waals surface area contributed by atoms with Crippen LogP contribution in [0.2, 0.25) is 0 Å². The van der Waals surface area contributed by atoms with Gasteiger partial charge in [0.25, 0.3) is 23.5 Å². The zero-order valence-corrected chi connectivity index (χ0v) is 19.4. The van der Waals surface area contributed by atoms with E-state index in [1.807, 2.05) is 5.32 Å². The Morgan fingerprint density at radius 1 is 1.09 bits per heavy atom. The lowest BCUT2D eigenvalue weighted by atomic mass is 9.98. The number of aryl methyl sites for hydroxylation is 1. The molecule has 3 amide bonds. The first-order valence-corrected chi connectivity index (χ1v) is 10.7. The number of nitrogens with one attached hydrogen (secondary N) is 3. The van der Waals surface area contributed by atoms with Crippen LogP contribution >= 0.6 is 0 Å². The maximum atomic E-state index is 13.6. The maximum absolute atomic E-state index is 13.6. The van der Waals surface area contributed by atoms with Crippen LogP contribution in [0.25, 0.3) is 0 Å². The van der Waals surface area contributed by atoms with Crippen LogP contribution in [0.4, 0.5) is 23.2 Å². The molecule has 1 atom stereocenters. The summed E-state index contributed by atoms with van der Waals surface area (Å²) in [6.45, 7) is 3.75. The van der Waals surface area contributed by atoms with Gasteiger partial charge in [-0.25, -0.2) is 4.39 Å². The van der Waals surface area contributed by atoms with Crippen LogP contribution in [0, 0.1) is 19.7 Å². The molecular weight excluding hydrogens is 472 g/mol. The van der Waals surface area contributed by atoms with Crippen LogP contribution < -0.4 is 16.0 Å². The molecule has 188 valence electrons. The van der Waals surface area contributed by atoms with Crippen molar-refractivity contribution in [1.29, 1.82) is 0 Å². The molecule has 1 aromatic heterocycles. The number of hydrogen-bond donors (Lipinski definition) is 3. The Morgan fingerprint density at radius 2 is 1.74 bits per heavy atom. The van der Waals surface area contributed by atoms with E-state index in [2.05, 4.69) is 5.32 Å². The number of fused-ring (bicyclic) bond motifs is 1. The van der Waals surface area contributed by atoms with Gasteiger partial charge in [-0.2, -0.15) is 13.2 Å².